The van der Waals surface area contributed by atoms with Gasteiger partial charge in [0.1, 0.15) is 11.5 Å². The van der Waals surface area contributed by atoms with Crippen molar-refractivity contribution in [2.75, 3.05) is 0 Å². The molecule has 1 aliphatic heterocycles. The molecule has 1 N–H and O–H groups in total. The van der Waals surface area contributed by atoms with Crippen molar-refractivity contribution in [2.45, 2.75) is 58.9 Å². The van der Waals surface area contributed by atoms with Crippen LogP contribution in [0.4, 0.5) is 5.69 Å². The van der Waals surface area contributed by atoms with Crippen LogP contribution in [0.1, 0.15) is 64.0 Å². The predicted octanol–water partition coefficient (Wildman–Crippen LogP) is 7.38. The van der Waals surface area contributed by atoms with E-state index in [1.165, 1.54) is 11.8 Å². The number of carbonyl (C=O) groups excluding carboxylic acids is 1. The lowest BCUT2D eigenvalue weighted by molar-refractivity contribution is -0.122. The highest BCUT2D eigenvalue weighted by Crippen LogP contribution is 2.41. The Morgan fingerprint density at radius 1 is 0.971 bits per heavy atom. The van der Waals surface area contributed by atoms with Crippen LogP contribution in [0.2, 0.25) is 0 Å². The van der Waals surface area contributed by atoms with Gasteiger partial charge in [0.05, 0.1) is 23.4 Å². The number of furan rings is 1. The molecule has 2 aromatic carbocycles. The summed E-state index contributed by atoms with van der Waals surface area (Å²) in [5.74, 6) is 0.891. The molecule has 1 aliphatic rings. The Bertz CT molecular complexity index is 1240. The quantitative estimate of drug-likeness (QED) is 0.389. The minimum Gasteiger partial charge on any atom is -0.507 e. The third-order valence-electron chi connectivity index (χ3n) is 5.81. The summed E-state index contributed by atoms with van der Waals surface area (Å²) in [5.41, 5.74) is 2.87. The number of benzene rings is 2. The molecule has 182 valence electrons. The molecule has 1 amide bonds. The lowest BCUT2D eigenvalue weighted by Gasteiger charge is -2.28. The molecular formula is C29H32N2O3S. The number of aromatic hydroxyl groups is 1. The largest absolute Gasteiger partial charge is 0.507 e. The van der Waals surface area contributed by atoms with Crippen molar-refractivity contribution in [1.82, 2.24) is 4.90 Å². The maximum absolute atomic E-state index is 13.5. The Hall–Kier alpha value is -3.25. The van der Waals surface area contributed by atoms with Crippen LogP contribution in [0.3, 0.4) is 0 Å². The molecule has 4 rings (SSSR count). The van der Waals surface area contributed by atoms with Crippen LogP contribution >= 0.6 is 11.8 Å². The van der Waals surface area contributed by atoms with Gasteiger partial charge < -0.3 is 9.52 Å². The van der Waals surface area contributed by atoms with E-state index in [0.717, 1.165) is 22.4 Å². The molecule has 0 saturated carbocycles. The Kier molecular flexibility index (Phi) is 6.69. The Labute approximate surface area is 211 Å². The highest BCUT2D eigenvalue weighted by atomic mass is 32.2. The van der Waals surface area contributed by atoms with Crippen LogP contribution in [0.15, 0.2) is 75.2 Å². The van der Waals surface area contributed by atoms with Gasteiger partial charge in [0.15, 0.2) is 5.17 Å². The number of nitrogens with zero attached hydrogens (tertiary/aromatic N) is 2. The van der Waals surface area contributed by atoms with E-state index in [0.29, 0.717) is 28.1 Å². The Morgan fingerprint density at radius 2 is 1.60 bits per heavy atom. The maximum atomic E-state index is 13.5. The molecule has 0 unspecified atom stereocenters. The number of thioether (sulfide) groups is 1. The third-order valence-corrected chi connectivity index (χ3v) is 6.82. The SMILES string of the molecule is CC(C)(C)c1cc(/C=C2/SC(=Nc3ccccc3)N(Cc3ccco3)C2=O)cc(C(C)(C)C)c1O. The summed E-state index contributed by atoms with van der Waals surface area (Å²) in [6.07, 6.45) is 3.51. The van der Waals surface area contributed by atoms with E-state index in [9.17, 15) is 9.90 Å². The van der Waals surface area contributed by atoms with Crippen molar-refractivity contribution in [3.63, 3.8) is 0 Å². The first-order chi connectivity index (χ1) is 16.4. The number of para-hydroxylation sites is 1. The molecule has 1 fully saturated rings. The van der Waals surface area contributed by atoms with Gasteiger partial charge in [-0.2, -0.15) is 0 Å². The van der Waals surface area contributed by atoms with Crippen LogP contribution in [0.25, 0.3) is 6.08 Å². The zero-order valence-electron chi connectivity index (χ0n) is 21.1. The monoisotopic (exact) mass is 488 g/mol. The normalized spacial score (nSPS) is 17.1. The van der Waals surface area contributed by atoms with Crippen LogP contribution < -0.4 is 0 Å². The van der Waals surface area contributed by atoms with Crippen molar-refractivity contribution in [3.8, 4) is 5.75 Å². The van der Waals surface area contributed by atoms with Crippen molar-refractivity contribution in [1.29, 1.82) is 0 Å². The van der Waals surface area contributed by atoms with Gasteiger partial charge in [0.25, 0.3) is 5.91 Å². The number of carbonyl (C=O) groups is 1. The molecule has 0 bridgehead atoms. The van der Waals surface area contributed by atoms with E-state index in [2.05, 4.69) is 41.5 Å². The van der Waals surface area contributed by atoms with Crippen LogP contribution in [-0.2, 0) is 22.2 Å². The van der Waals surface area contributed by atoms with Gasteiger partial charge in [-0.3, -0.25) is 9.69 Å². The number of amides is 1. The molecule has 1 aromatic heterocycles. The zero-order valence-corrected chi connectivity index (χ0v) is 21.9. The van der Waals surface area contributed by atoms with Crippen LogP contribution in [-0.4, -0.2) is 21.1 Å². The second-order valence-electron chi connectivity index (χ2n) is 10.8. The molecule has 5 nitrogen and oxygen atoms in total. The van der Waals surface area contributed by atoms with E-state index < -0.39 is 0 Å². The standard InChI is InChI=1S/C29H32N2O3S/c1-28(2,3)22-15-19(16-23(25(22)32)29(4,5)6)17-24-26(33)31(18-21-13-10-14-34-21)27(35-24)30-20-11-8-7-9-12-20/h7-17,32H,18H2,1-6H3/b24-17+,30-27?. The minimum absolute atomic E-state index is 0.122. The fourth-order valence-corrected chi connectivity index (χ4v) is 4.93. The Morgan fingerprint density at radius 3 is 2.14 bits per heavy atom. The summed E-state index contributed by atoms with van der Waals surface area (Å²) in [5, 5.41) is 11.7. The molecular weight excluding hydrogens is 456 g/mol. The number of rotatable bonds is 4. The average molecular weight is 489 g/mol. The molecule has 0 radical (unpaired) electrons. The number of hydrogen-bond donors (Lipinski definition) is 1. The van der Waals surface area contributed by atoms with Crippen molar-refractivity contribution >= 4 is 34.6 Å². The van der Waals surface area contributed by atoms with Crippen LogP contribution in [0, 0.1) is 0 Å². The van der Waals surface area contributed by atoms with E-state index in [1.54, 1.807) is 11.2 Å². The van der Waals surface area contributed by atoms with Gasteiger partial charge in [-0.05, 0) is 70.6 Å². The van der Waals surface area contributed by atoms with Crippen molar-refractivity contribution in [3.05, 3.63) is 88.2 Å². The lowest BCUT2D eigenvalue weighted by atomic mass is 9.78. The molecule has 0 aliphatic carbocycles. The third kappa shape index (κ3) is 5.54. The average Bonchev–Trinajstić information content (AvgIpc) is 3.38. The molecule has 2 heterocycles. The summed E-state index contributed by atoms with van der Waals surface area (Å²) in [4.78, 5) is 20.5. The summed E-state index contributed by atoms with van der Waals surface area (Å²) in [7, 11) is 0. The van der Waals surface area contributed by atoms with Gasteiger partial charge in [-0.15, -0.1) is 0 Å². The number of hydrogen-bond acceptors (Lipinski definition) is 5. The van der Waals surface area contributed by atoms with E-state index in [4.69, 9.17) is 9.41 Å². The molecule has 0 spiro atoms. The number of phenols is 1. The van der Waals surface area contributed by atoms with Gasteiger partial charge in [-0.25, -0.2) is 4.99 Å². The predicted molar refractivity (Wildman–Crippen MR) is 144 cm³/mol. The first kappa shape index (κ1) is 24.9. The summed E-state index contributed by atoms with van der Waals surface area (Å²) in [6, 6.07) is 17.2. The van der Waals surface area contributed by atoms with Crippen LogP contribution in [0.5, 0.6) is 5.75 Å². The minimum atomic E-state index is -0.253. The van der Waals surface area contributed by atoms with E-state index >= 15 is 0 Å². The zero-order chi connectivity index (χ0) is 25.4. The second-order valence-corrected chi connectivity index (χ2v) is 11.8. The molecule has 0 atom stereocenters. The first-order valence-corrected chi connectivity index (χ1v) is 12.5. The second kappa shape index (κ2) is 9.42. The number of amidine groups is 1. The molecule has 1 saturated heterocycles. The lowest BCUT2D eigenvalue weighted by Crippen LogP contribution is -2.28. The molecule has 6 heteroatoms. The molecule has 35 heavy (non-hydrogen) atoms. The fourth-order valence-electron chi connectivity index (χ4n) is 3.94. The number of aliphatic imine (C=N–C) groups is 1. The summed E-state index contributed by atoms with van der Waals surface area (Å²) >= 11 is 1.35. The summed E-state index contributed by atoms with van der Waals surface area (Å²) < 4.78 is 5.51. The van der Waals surface area contributed by atoms with Crippen molar-refractivity contribution < 1.29 is 14.3 Å². The van der Waals surface area contributed by atoms with Gasteiger partial charge >= 0.3 is 0 Å². The fraction of sp³-hybridized carbons (Fsp3) is 0.310. The van der Waals surface area contributed by atoms with Gasteiger partial charge in [0, 0.05) is 11.1 Å². The highest BCUT2D eigenvalue weighted by Gasteiger charge is 2.34. The summed E-state index contributed by atoms with van der Waals surface area (Å²) in [6.45, 7) is 12.8. The topological polar surface area (TPSA) is 66.0 Å². The molecule has 3 aromatic rings. The van der Waals surface area contributed by atoms with E-state index in [1.807, 2.05) is 60.7 Å². The van der Waals surface area contributed by atoms with E-state index in [-0.39, 0.29) is 16.7 Å². The number of phenolic OH excluding ortho intramolecular Hbond substituents is 1. The Balaban J connectivity index is 1.79. The first-order valence-electron chi connectivity index (χ1n) is 11.7. The van der Waals surface area contributed by atoms with Gasteiger partial charge in [0.2, 0.25) is 0 Å². The van der Waals surface area contributed by atoms with Crippen molar-refractivity contribution in [2.24, 2.45) is 4.99 Å². The van der Waals surface area contributed by atoms with Gasteiger partial charge in [-0.1, -0.05) is 59.7 Å². The maximum Gasteiger partial charge on any atom is 0.267 e. The smallest absolute Gasteiger partial charge is 0.267 e. The highest BCUT2D eigenvalue weighted by molar-refractivity contribution is 8.18.